The largest absolute Gasteiger partial charge is 0.454 e. The van der Waals surface area contributed by atoms with Gasteiger partial charge in [-0.3, -0.25) is 19.6 Å². The number of hydrogen-bond acceptors (Lipinski definition) is 5. The van der Waals surface area contributed by atoms with E-state index in [4.69, 9.17) is 4.42 Å². The van der Waals surface area contributed by atoms with E-state index < -0.39 is 0 Å². The topological polar surface area (TPSA) is 85.1 Å². The number of carbonyl (C=O) groups is 1. The molecule has 28 heavy (non-hydrogen) atoms. The third kappa shape index (κ3) is 3.53. The van der Waals surface area contributed by atoms with Crippen molar-refractivity contribution in [2.75, 3.05) is 5.32 Å². The summed E-state index contributed by atoms with van der Waals surface area (Å²) in [6.07, 6.45) is 4.70. The van der Waals surface area contributed by atoms with Gasteiger partial charge in [0, 0.05) is 30.2 Å². The fourth-order valence-electron chi connectivity index (χ4n) is 3.04. The highest BCUT2D eigenvalue weighted by atomic mass is 16.3. The summed E-state index contributed by atoms with van der Waals surface area (Å²) in [6, 6.07) is 14.3. The second kappa shape index (κ2) is 7.44. The molecule has 0 aliphatic carbocycles. The molecule has 4 rings (SSSR count). The molecule has 0 bridgehead atoms. The number of nitrogens with one attached hydrogen (secondary N) is 1. The molecule has 0 saturated heterocycles. The molecule has 1 N–H and O–H groups in total. The maximum atomic E-state index is 12.6. The minimum atomic E-state index is -0.267. The lowest BCUT2D eigenvalue weighted by atomic mass is 10.1. The van der Waals surface area contributed by atoms with E-state index in [9.17, 15) is 9.59 Å². The summed E-state index contributed by atoms with van der Waals surface area (Å²) >= 11 is 0. The molecule has 138 valence electrons. The van der Waals surface area contributed by atoms with Gasteiger partial charge in [-0.2, -0.15) is 0 Å². The van der Waals surface area contributed by atoms with Crippen molar-refractivity contribution < 1.29 is 9.21 Å². The molecule has 0 unspecified atom stereocenters. The Balaban J connectivity index is 1.74. The zero-order chi connectivity index (χ0) is 19.5. The molecule has 0 aliphatic heterocycles. The smallest absolute Gasteiger partial charge is 0.230 e. The van der Waals surface area contributed by atoms with Crippen molar-refractivity contribution in [1.29, 1.82) is 0 Å². The second-order valence-electron chi connectivity index (χ2n) is 6.39. The zero-order valence-corrected chi connectivity index (χ0v) is 15.2. The standard InChI is InChI=1S/C22H17N3O3/c1-14-5-2-3-6-16(14)20-12-19(26)17-7-4-8-18(22(17)28-20)25-21(27)11-15-13-23-9-10-24-15/h2-10,12-13H,11H2,1H3,(H,25,27). The van der Waals surface area contributed by atoms with Crippen molar-refractivity contribution >= 4 is 22.6 Å². The molecule has 2 aromatic heterocycles. The van der Waals surface area contributed by atoms with Gasteiger partial charge in [0.25, 0.3) is 0 Å². The van der Waals surface area contributed by atoms with E-state index >= 15 is 0 Å². The summed E-state index contributed by atoms with van der Waals surface area (Å²) in [5.74, 6) is 0.197. The molecule has 0 fully saturated rings. The van der Waals surface area contributed by atoms with Crippen molar-refractivity contribution in [2.45, 2.75) is 13.3 Å². The SMILES string of the molecule is Cc1ccccc1-c1cc(=O)c2cccc(NC(=O)Cc3cnccn3)c2o1. The van der Waals surface area contributed by atoms with E-state index in [-0.39, 0.29) is 17.8 Å². The van der Waals surface area contributed by atoms with Crippen LogP contribution in [0.15, 0.2) is 76.3 Å². The summed E-state index contributed by atoms with van der Waals surface area (Å²) in [4.78, 5) is 33.1. The summed E-state index contributed by atoms with van der Waals surface area (Å²) in [7, 11) is 0. The second-order valence-corrected chi connectivity index (χ2v) is 6.39. The maximum absolute atomic E-state index is 12.6. The van der Waals surface area contributed by atoms with E-state index in [1.165, 1.54) is 12.3 Å². The number of aryl methyl sites for hydroxylation is 1. The predicted octanol–water partition coefficient (Wildman–Crippen LogP) is 3.74. The molecule has 0 radical (unpaired) electrons. The molecular weight excluding hydrogens is 354 g/mol. The van der Waals surface area contributed by atoms with Gasteiger partial charge in [0.15, 0.2) is 11.0 Å². The van der Waals surface area contributed by atoms with Crippen molar-refractivity contribution in [3.63, 3.8) is 0 Å². The number of benzene rings is 2. The Hall–Kier alpha value is -3.80. The zero-order valence-electron chi connectivity index (χ0n) is 15.2. The fraction of sp³-hybridized carbons (Fsp3) is 0.0909. The number of carbonyl (C=O) groups excluding carboxylic acids is 1. The van der Waals surface area contributed by atoms with Crippen molar-refractivity contribution in [3.8, 4) is 11.3 Å². The molecule has 0 saturated carbocycles. The van der Waals surface area contributed by atoms with Crippen LogP contribution in [-0.4, -0.2) is 15.9 Å². The van der Waals surface area contributed by atoms with Crippen LogP contribution in [0.5, 0.6) is 0 Å². The van der Waals surface area contributed by atoms with Crippen molar-refractivity contribution in [3.05, 3.63) is 88.6 Å². The van der Waals surface area contributed by atoms with Crippen molar-refractivity contribution in [1.82, 2.24) is 9.97 Å². The maximum Gasteiger partial charge on any atom is 0.230 e. The summed E-state index contributed by atoms with van der Waals surface area (Å²) in [5.41, 5.74) is 3.02. The van der Waals surface area contributed by atoms with Crippen LogP contribution < -0.4 is 10.7 Å². The number of nitrogens with zero attached hydrogens (tertiary/aromatic N) is 2. The van der Waals surface area contributed by atoms with Crippen LogP contribution in [0.25, 0.3) is 22.3 Å². The van der Waals surface area contributed by atoms with Gasteiger partial charge < -0.3 is 9.73 Å². The van der Waals surface area contributed by atoms with Gasteiger partial charge in [0.05, 0.1) is 23.2 Å². The van der Waals surface area contributed by atoms with E-state index in [0.717, 1.165) is 11.1 Å². The average Bonchev–Trinajstić information content (AvgIpc) is 2.69. The quantitative estimate of drug-likeness (QED) is 0.591. The molecule has 6 nitrogen and oxygen atoms in total. The Morgan fingerprint density at radius 2 is 1.96 bits per heavy atom. The molecule has 6 heteroatoms. The Morgan fingerprint density at radius 3 is 2.75 bits per heavy atom. The van der Waals surface area contributed by atoms with Crippen LogP contribution in [0, 0.1) is 6.92 Å². The molecule has 0 spiro atoms. The number of para-hydroxylation sites is 1. The minimum Gasteiger partial charge on any atom is -0.454 e. The first kappa shape index (κ1) is 17.6. The van der Waals surface area contributed by atoms with Crippen LogP contribution in [0.1, 0.15) is 11.3 Å². The first-order chi connectivity index (χ1) is 13.6. The Bertz CT molecular complexity index is 1220. The number of rotatable bonds is 4. The van der Waals surface area contributed by atoms with Crippen LogP contribution >= 0.6 is 0 Å². The van der Waals surface area contributed by atoms with Gasteiger partial charge in [-0.1, -0.05) is 30.3 Å². The normalized spacial score (nSPS) is 10.8. The third-order valence-corrected chi connectivity index (χ3v) is 4.40. The molecule has 1 amide bonds. The van der Waals surface area contributed by atoms with Gasteiger partial charge in [-0.05, 0) is 24.6 Å². The molecular formula is C22H17N3O3. The summed E-state index contributed by atoms with van der Waals surface area (Å²) in [5, 5.41) is 3.23. The highest BCUT2D eigenvalue weighted by Crippen LogP contribution is 2.28. The molecule has 0 atom stereocenters. The van der Waals surface area contributed by atoms with Crippen LogP contribution in [0.3, 0.4) is 0 Å². The minimum absolute atomic E-state index is 0.0753. The van der Waals surface area contributed by atoms with E-state index in [1.807, 2.05) is 31.2 Å². The van der Waals surface area contributed by atoms with E-state index in [2.05, 4.69) is 15.3 Å². The molecule has 0 aliphatic rings. The predicted molar refractivity (Wildman–Crippen MR) is 107 cm³/mol. The van der Waals surface area contributed by atoms with Gasteiger partial charge in [0.1, 0.15) is 5.76 Å². The van der Waals surface area contributed by atoms with Gasteiger partial charge in [-0.15, -0.1) is 0 Å². The molecule has 2 aromatic carbocycles. The van der Waals surface area contributed by atoms with Crippen LogP contribution in [-0.2, 0) is 11.2 Å². The fourth-order valence-corrected chi connectivity index (χ4v) is 3.04. The highest BCUT2D eigenvalue weighted by molar-refractivity contribution is 6.00. The number of amides is 1. The summed E-state index contributed by atoms with van der Waals surface area (Å²) < 4.78 is 6.05. The van der Waals surface area contributed by atoms with E-state index in [1.54, 1.807) is 30.6 Å². The third-order valence-electron chi connectivity index (χ3n) is 4.40. The Morgan fingerprint density at radius 1 is 1.11 bits per heavy atom. The number of aromatic nitrogens is 2. The lowest BCUT2D eigenvalue weighted by molar-refractivity contribution is -0.115. The van der Waals surface area contributed by atoms with Crippen molar-refractivity contribution in [2.24, 2.45) is 0 Å². The highest BCUT2D eigenvalue weighted by Gasteiger charge is 2.14. The number of fused-ring (bicyclic) bond motifs is 1. The number of hydrogen-bond donors (Lipinski definition) is 1. The Kier molecular flexibility index (Phi) is 4.68. The number of anilines is 1. The monoisotopic (exact) mass is 371 g/mol. The van der Waals surface area contributed by atoms with E-state index in [0.29, 0.717) is 28.1 Å². The first-order valence-electron chi connectivity index (χ1n) is 8.79. The summed E-state index contributed by atoms with van der Waals surface area (Å²) in [6.45, 7) is 1.95. The van der Waals surface area contributed by atoms with Gasteiger partial charge in [-0.25, -0.2) is 0 Å². The molecule has 2 heterocycles. The van der Waals surface area contributed by atoms with Crippen LogP contribution in [0.4, 0.5) is 5.69 Å². The Labute approximate surface area is 160 Å². The lowest BCUT2D eigenvalue weighted by Gasteiger charge is -2.10. The van der Waals surface area contributed by atoms with Crippen LogP contribution in [0.2, 0.25) is 0 Å². The molecule has 4 aromatic rings. The average molecular weight is 371 g/mol. The lowest BCUT2D eigenvalue weighted by Crippen LogP contribution is -2.16. The first-order valence-corrected chi connectivity index (χ1v) is 8.79. The van der Waals surface area contributed by atoms with Gasteiger partial charge in [0.2, 0.25) is 5.91 Å². The van der Waals surface area contributed by atoms with Gasteiger partial charge >= 0.3 is 0 Å².